The van der Waals surface area contributed by atoms with E-state index in [1.807, 2.05) is 0 Å². The molecule has 1 N–H and O–H groups in total. The van der Waals surface area contributed by atoms with Crippen molar-refractivity contribution in [3.63, 3.8) is 0 Å². The average molecular weight is 215 g/mol. The predicted octanol–water partition coefficient (Wildman–Crippen LogP) is 2.19. The van der Waals surface area contributed by atoms with Crippen LogP contribution in [-0.2, 0) is 4.79 Å². The van der Waals surface area contributed by atoms with Crippen LogP contribution in [0, 0.1) is 0 Å². The molecule has 6 heteroatoms. The normalized spacial score (nSPS) is 15.1. The van der Waals surface area contributed by atoms with Gasteiger partial charge in [0.15, 0.2) is 0 Å². The topological polar surface area (TPSA) is 29.1 Å². The Hall–Kier alpha value is -0.810. The molecule has 1 amide bonds. The van der Waals surface area contributed by atoms with Crippen LogP contribution < -0.4 is 5.32 Å². The van der Waals surface area contributed by atoms with Crippen molar-refractivity contribution in [3.8, 4) is 0 Å². The van der Waals surface area contributed by atoms with E-state index < -0.39 is 23.8 Å². The second-order valence-corrected chi connectivity index (χ2v) is 3.80. The summed E-state index contributed by atoms with van der Waals surface area (Å²) in [7, 11) is 0. The molecule has 0 aliphatic rings. The van der Waals surface area contributed by atoms with Crippen LogP contribution in [0.5, 0.6) is 0 Å². The summed E-state index contributed by atoms with van der Waals surface area (Å²) in [5, 5.41) is 1.67. The highest BCUT2D eigenvalue weighted by Gasteiger charge is 2.39. The fourth-order valence-corrected chi connectivity index (χ4v) is 1.08. The second-order valence-electron chi connectivity index (χ2n) is 3.80. The molecule has 0 bridgehead atoms. The molecule has 14 heavy (non-hydrogen) atoms. The molecule has 0 spiro atoms. The Bertz CT molecular complexity index is 206. The summed E-state index contributed by atoms with van der Waals surface area (Å²) in [6, 6.07) is -0.843. The summed E-state index contributed by atoms with van der Waals surface area (Å²) < 4.78 is 48.2. The molecule has 0 fully saturated rings. The van der Waals surface area contributed by atoms with Crippen molar-refractivity contribution < 1.29 is 22.4 Å². The first-order valence-corrected chi connectivity index (χ1v) is 4.09. The summed E-state index contributed by atoms with van der Waals surface area (Å²) >= 11 is 0. The number of alkyl halides is 4. The number of nitrogens with one attached hydrogen (secondary N) is 1. The van der Waals surface area contributed by atoms with Gasteiger partial charge < -0.3 is 5.32 Å². The molecule has 0 radical (unpaired) electrons. The molecule has 0 saturated heterocycles. The van der Waals surface area contributed by atoms with Crippen molar-refractivity contribution in [1.29, 1.82) is 0 Å². The highest BCUT2D eigenvalue weighted by atomic mass is 19.4. The fraction of sp³-hybridized carbons (Fsp3) is 0.875. The van der Waals surface area contributed by atoms with E-state index in [-0.39, 0.29) is 6.42 Å². The number of amides is 1. The Balaban J connectivity index is 4.09. The zero-order valence-corrected chi connectivity index (χ0v) is 8.20. The molecule has 0 aliphatic heterocycles. The number of rotatable bonds is 3. The van der Waals surface area contributed by atoms with Gasteiger partial charge in [-0.25, -0.2) is 4.39 Å². The Morgan fingerprint density at radius 2 is 1.71 bits per heavy atom. The van der Waals surface area contributed by atoms with Gasteiger partial charge in [0.1, 0.15) is 5.67 Å². The molecular formula is C8H13F4NO. The van der Waals surface area contributed by atoms with Gasteiger partial charge in [-0.15, -0.1) is 0 Å². The van der Waals surface area contributed by atoms with Gasteiger partial charge in [-0.05, 0) is 20.8 Å². The Kier molecular flexibility index (Phi) is 3.91. The molecular weight excluding hydrogens is 202 g/mol. The van der Waals surface area contributed by atoms with E-state index in [9.17, 15) is 22.4 Å². The summed E-state index contributed by atoms with van der Waals surface area (Å²) in [6.45, 7) is 3.80. The van der Waals surface area contributed by atoms with E-state index in [0.29, 0.717) is 0 Å². The summed E-state index contributed by atoms with van der Waals surface area (Å²) in [4.78, 5) is 10.4. The third kappa shape index (κ3) is 5.77. The van der Waals surface area contributed by atoms with Crippen molar-refractivity contribution in [1.82, 2.24) is 5.32 Å². The van der Waals surface area contributed by atoms with E-state index in [1.165, 1.54) is 20.8 Å². The number of halogens is 4. The van der Waals surface area contributed by atoms with Crippen molar-refractivity contribution in [2.24, 2.45) is 0 Å². The maximum atomic E-state index is 13.0. The van der Waals surface area contributed by atoms with E-state index >= 15 is 0 Å². The van der Waals surface area contributed by atoms with Crippen molar-refractivity contribution in [2.75, 3.05) is 0 Å². The lowest BCUT2D eigenvalue weighted by molar-refractivity contribution is -0.174. The van der Waals surface area contributed by atoms with Crippen LogP contribution in [0.25, 0.3) is 0 Å². The van der Waals surface area contributed by atoms with Gasteiger partial charge in [-0.2, -0.15) is 13.2 Å². The fourth-order valence-electron chi connectivity index (χ4n) is 1.08. The zero-order chi connectivity index (χ0) is 11.6. The molecule has 0 saturated carbocycles. The van der Waals surface area contributed by atoms with Crippen LogP contribution in [0.3, 0.4) is 0 Å². The van der Waals surface area contributed by atoms with Crippen LogP contribution in [0.1, 0.15) is 27.2 Å². The molecule has 0 rings (SSSR count). The van der Waals surface area contributed by atoms with Gasteiger partial charge in [0.2, 0.25) is 0 Å². The number of carbonyl (C=O) groups excluding carboxylic acids is 1. The Morgan fingerprint density at radius 3 is 2.00 bits per heavy atom. The molecule has 0 aromatic heterocycles. The summed E-state index contributed by atoms with van der Waals surface area (Å²) in [6.07, 6.45) is -5.07. The van der Waals surface area contributed by atoms with Crippen LogP contribution in [0.15, 0.2) is 0 Å². The molecule has 0 aliphatic carbocycles. The van der Waals surface area contributed by atoms with Gasteiger partial charge in [-0.1, -0.05) is 0 Å². The third-order valence-corrected chi connectivity index (χ3v) is 1.43. The molecule has 1 unspecified atom stereocenters. The molecule has 84 valence electrons. The number of hydrogen-bond donors (Lipinski definition) is 1. The highest BCUT2D eigenvalue weighted by Crippen LogP contribution is 2.18. The first-order valence-electron chi connectivity index (χ1n) is 4.09. The van der Waals surface area contributed by atoms with Crippen LogP contribution >= 0.6 is 0 Å². The predicted molar refractivity (Wildman–Crippen MR) is 43.5 cm³/mol. The molecule has 2 nitrogen and oxygen atoms in total. The average Bonchev–Trinajstić information content (AvgIpc) is 1.79. The van der Waals surface area contributed by atoms with Crippen molar-refractivity contribution >= 4 is 5.91 Å². The lowest BCUT2D eigenvalue weighted by Gasteiger charge is -2.21. The summed E-state index contributed by atoms with van der Waals surface area (Å²) in [5.74, 6) is -2.03. The minimum atomic E-state index is -4.91. The van der Waals surface area contributed by atoms with Crippen LogP contribution in [0.2, 0.25) is 0 Å². The molecule has 1 atom stereocenters. The van der Waals surface area contributed by atoms with Gasteiger partial charge in [0, 0.05) is 12.5 Å². The van der Waals surface area contributed by atoms with Crippen LogP contribution in [-0.4, -0.2) is 23.8 Å². The number of hydrogen-bond acceptors (Lipinski definition) is 1. The minimum absolute atomic E-state index is 0.158. The zero-order valence-electron chi connectivity index (χ0n) is 8.20. The Labute approximate surface area is 79.7 Å². The van der Waals surface area contributed by atoms with E-state index in [4.69, 9.17) is 0 Å². The minimum Gasteiger partial charge on any atom is -0.346 e. The van der Waals surface area contributed by atoms with Crippen molar-refractivity contribution in [3.05, 3.63) is 0 Å². The van der Waals surface area contributed by atoms with Gasteiger partial charge in [0.25, 0.3) is 0 Å². The smallest absolute Gasteiger partial charge is 0.346 e. The lowest BCUT2D eigenvalue weighted by Crippen LogP contribution is -2.43. The van der Waals surface area contributed by atoms with E-state index in [1.54, 1.807) is 5.32 Å². The van der Waals surface area contributed by atoms with Crippen molar-refractivity contribution in [2.45, 2.75) is 45.1 Å². The van der Waals surface area contributed by atoms with Gasteiger partial charge >= 0.3 is 12.1 Å². The van der Waals surface area contributed by atoms with E-state index in [0.717, 1.165) is 0 Å². The maximum Gasteiger partial charge on any atom is 0.471 e. The summed E-state index contributed by atoms with van der Waals surface area (Å²) in [5.41, 5.74) is -1.60. The molecule has 0 aromatic rings. The second kappa shape index (κ2) is 4.14. The SMILES string of the molecule is CC(CC(C)(C)F)NC(=O)C(F)(F)F. The van der Waals surface area contributed by atoms with Gasteiger partial charge in [-0.3, -0.25) is 4.79 Å². The standard InChI is InChI=1S/C8H13F4NO/c1-5(4-7(2,3)9)13-6(14)8(10,11)12/h5H,4H2,1-3H3,(H,13,14). The Morgan fingerprint density at radius 1 is 1.29 bits per heavy atom. The van der Waals surface area contributed by atoms with Gasteiger partial charge in [0.05, 0.1) is 0 Å². The third-order valence-electron chi connectivity index (χ3n) is 1.43. The molecule has 0 heterocycles. The quantitative estimate of drug-likeness (QED) is 0.718. The van der Waals surface area contributed by atoms with E-state index in [2.05, 4.69) is 0 Å². The monoisotopic (exact) mass is 215 g/mol. The molecule has 0 aromatic carbocycles. The first kappa shape index (κ1) is 13.2. The highest BCUT2D eigenvalue weighted by molar-refractivity contribution is 5.81. The first-order chi connectivity index (χ1) is 6.02. The lowest BCUT2D eigenvalue weighted by atomic mass is 10.0. The number of carbonyl (C=O) groups is 1. The maximum absolute atomic E-state index is 13.0. The largest absolute Gasteiger partial charge is 0.471 e. The van der Waals surface area contributed by atoms with Crippen LogP contribution in [0.4, 0.5) is 17.6 Å².